The number of anilines is 1. The van der Waals surface area contributed by atoms with Crippen molar-refractivity contribution in [1.82, 2.24) is 9.97 Å². The highest BCUT2D eigenvalue weighted by atomic mass is 19.2. The number of rotatable bonds is 3. The highest BCUT2D eigenvalue weighted by molar-refractivity contribution is 5.74. The molecule has 1 fully saturated rings. The number of benzene rings is 1. The second-order valence-electron chi connectivity index (χ2n) is 5.43. The number of hydrogen-bond acceptors (Lipinski definition) is 3. The van der Waals surface area contributed by atoms with Gasteiger partial charge in [-0.1, -0.05) is 18.9 Å². The highest BCUT2D eigenvalue weighted by Crippen LogP contribution is 2.30. The fourth-order valence-electron chi connectivity index (χ4n) is 2.72. The Bertz CT molecular complexity index is 652. The molecule has 0 spiro atoms. The standard InChI is InChI=1S/C16H17F2N3/c1-10-19-9-13(11-6-7-14(17)15(18)8-11)16(20-10)21-12-4-2-3-5-12/h6-9,12H,2-5H2,1H3,(H,19,20,21). The van der Waals surface area contributed by atoms with E-state index >= 15 is 0 Å². The lowest BCUT2D eigenvalue weighted by atomic mass is 10.1. The van der Waals surface area contributed by atoms with Crippen LogP contribution >= 0.6 is 0 Å². The van der Waals surface area contributed by atoms with Crippen LogP contribution in [0.3, 0.4) is 0 Å². The second kappa shape index (κ2) is 5.76. The van der Waals surface area contributed by atoms with Gasteiger partial charge in [0.05, 0.1) is 0 Å². The molecule has 0 aliphatic heterocycles. The van der Waals surface area contributed by atoms with Gasteiger partial charge in [-0.15, -0.1) is 0 Å². The molecule has 1 aliphatic carbocycles. The summed E-state index contributed by atoms with van der Waals surface area (Å²) in [6.07, 6.45) is 6.30. The number of aromatic nitrogens is 2. The molecule has 1 saturated carbocycles. The molecule has 1 aromatic carbocycles. The molecule has 1 heterocycles. The lowest BCUT2D eigenvalue weighted by molar-refractivity contribution is 0.509. The van der Waals surface area contributed by atoms with Crippen LogP contribution in [0.2, 0.25) is 0 Å². The Morgan fingerprint density at radius 2 is 1.90 bits per heavy atom. The van der Waals surface area contributed by atoms with Gasteiger partial charge in [-0.25, -0.2) is 18.7 Å². The Labute approximate surface area is 122 Å². The Kier molecular flexibility index (Phi) is 3.82. The summed E-state index contributed by atoms with van der Waals surface area (Å²) in [5.41, 5.74) is 1.28. The molecule has 21 heavy (non-hydrogen) atoms. The first kappa shape index (κ1) is 13.9. The third-order valence-corrected chi connectivity index (χ3v) is 3.84. The van der Waals surface area contributed by atoms with Gasteiger partial charge in [-0.3, -0.25) is 0 Å². The Balaban J connectivity index is 1.98. The van der Waals surface area contributed by atoms with Crippen molar-refractivity contribution in [3.63, 3.8) is 0 Å². The van der Waals surface area contributed by atoms with Crippen molar-refractivity contribution in [2.45, 2.75) is 38.6 Å². The molecule has 3 nitrogen and oxygen atoms in total. The maximum Gasteiger partial charge on any atom is 0.159 e. The molecule has 0 amide bonds. The van der Waals surface area contributed by atoms with Gasteiger partial charge < -0.3 is 5.32 Å². The van der Waals surface area contributed by atoms with Crippen LogP contribution in [0.5, 0.6) is 0 Å². The van der Waals surface area contributed by atoms with E-state index in [4.69, 9.17) is 0 Å². The summed E-state index contributed by atoms with van der Waals surface area (Å²) < 4.78 is 26.5. The van der Waals surface area contributed by atoms with Crippen LogP contribution in [0, 0.1) is 18.6 Å². The van der Waals surface area contributed by atoms with Crippen LogP contribution in [-0.2, 0) is 0 Å². The van der Waals surface area contributed by atoms with Crippen molar-refractivity contribution in [3.8, 4) is 11.1 Å². The van der Waals surface area contributed by atoms with E-state index in [1.165, 1.54) is 18.9 Å². The molecular weight excluding hydrogens is 272 g/mol. The number of halogens is 2. The molecule has 110 valence electrons. The van der Waals surface area contributed by atoms with Gasteiger partial charge in [0.15, 0.2) is 11.6 Å². The number of nitrogens with zero attached hydrogens (tertiary/aromatic N) is 2. The van der Waals surface area contributed by atoms with E-state index < -0.39 is 11.6 Å². The summed E-state index contributed by atoms with van der Waals surface area (Å²) in [6, 6.07) is 4.25. The fraction of sp³-hybridized carbons (Fsp3) is 0.375. The van der Waals surface area contributed by atoms with Gasteiger partial charge in [-0.2, -0.15) is 0 Å². The molecule has 2 aromatic rings. The first-order valence-electron chi connectivity index (χ1n) is 7.19. The molecule has 0 unspecified atom stereocenters. The summed E-state index contributed by atoms with van der Waals surface area (Å²) in [7, 11) is 0. The summed E-state index contributed by atoms with van der Waals surface area (Å²) in [5, 5.41) is 3.42. The van der Waals surface area contributed by atoms with Gasteiger partial charge in [0.2, 0.25) is 0 Å². The molecule has 1 N–H and O–H groups in total. The number of hydrogen-bond donors (Lipinski definition) is 1. The molecule has 5 heteroatoms. The minimum atomic E-state index is -0.861. The monoisotopic (exact) mass is 289 g/mol. The summed E-state index contributed by atoms with van der Waals surface area (Å²) in [4.78, 5) is 8.60. The SMILES string of the molecule is Cc1ncc(-c2ccc(F)c(F)c2)c(NC2CCCC2)n1. The molecule has 1 aromatic heterocycles. The van der Waals surface area contributed by atoms with Crippen molar-refractivity contribution >= 4 is 5.82 Å². The quantitative estimate of drug-likeness (QED) is 0.925. The van der Waals surface area contributed by atoms with Gasteiger partial charge in [-0.05, 0) is 37.5 Å². The zero-order chi connectivity index (χ0) is 14.8. The van der Waals surface area contributed by atoms with Crippen molar-refractivity contribution in [2.75, 3.05) is 5.32 Å². The van der Waals surface area contributed by atoms with E-state index in [-0.39, 0.29) is 0 Å². The molecule has 1 aliphatic rings. The van der Waals surface area contributed by atoms with E-state index in [1.807, 2.05) is 6.92 Å². The normalized spacial score (nSPS) is 15.4. The van der Waals surface area contributed by atoms with Crippen LogP contribution < -0.4 is 5.32 Å². The predicted molar refractivity (Wildman–Crippen MR) is 78.0 cm³/mol. The van der Waals surface area contributed by atoms with E-state index in [1.54, 1.807) is 12.3 Å². The Morgan fingerprint density at radius 3 is 2.62 bits per heavy atom. The summed E-state index contributed by atoms with van der Waals surface area (Å²) >= 11 is 0. The average Bonchev–Trinajstić information content (AvgIpc) is 2.95. The fourth-order valence-corrected chi connectivity index (χ4v) is 2.72. The van der Waals surface area contributed by atoms with Gasteiger partial charge >= 0.3 is 0 Å². The van der Waals surface area contributed by atoms with Crippen molar-refractivity contribution in [3.05, 3.63) is 41.9 Å². The zero-order valence-electron chi connectivity index (χ0n) is 11.9. The Hall–Kier alpha value is -2.04. The number of nitrogens with one attached hydrogen (secondary N) is 1. The van der Waals surface area contributed by atoms with Crippen LogP contribution in [0.25, 0.3) is 11.1 Å². The lowest BCUT2D eigenvalue weighted by Gasteiger charge is -2.16. The lowest BCUT2D eigenvalue weighted by Crippen LogP contribution is -2.16. The maximum atomic E-state index is 13.4. The second-order valence-corrected chi connectivity index (χ2v) is 5.43. The molecule has 0 atom stereocenters. The van der Waals surface area contributed by atoms with E-state index in [9.17, 15) is 8.78 Å². The van der Waals surface area contributed by atoms with Crippen LogP contribution in [0.1, 0.15) is 31.5 Å². The van der Waals surface area contributed by atoms with Crippen LogP contribution in [0.4, 0.5) is 14.6 Å². The molecule has 0 saturated heterocycles. The molecule has 0 radical (unpaired) electrons. The minimum absolute atomic E-state index is 0.392. The first-order chi connectivity index (χ1) is 10.1. The molecule has 0 bridgehead atoms. The maximum absolute atomic E-state index is 13.4. The van der Waals surface area contributed by atoms with Gasteiger partial charge in [0.25, 0.3) is 0 Å². The topological polar surface area (TPSA) is 37.8 Å². The smallest absolute Gasteiger partial charge is 0.159 e. The molecule has 3 rings (SSSR count). The van der Waals surface area contributed by atoms with Crippen LogP contribution in [0.15, 0.2) is 24.4 Å². The van der Waals surface area contributed by atoms with Crippen molar-refractivity contribution in [2.24, 2.45) is 0 Å². The predicted octanol–water partition coefficient (Wildman–Crippen LogP) is 4.08. The van der Waals surface area contributed by atoms with E-state index in [0.29, 0.717) is 28.8 Å². The van der Waals surface area contributed by atoms with Crippen molar-refractivity contribution < 1.29 is 8.78 Å². The third kappa shape index (κ3) is 3.01. The highest BCUT2D eigenvalue weighted by Gasteiger charge is 2.18. The zero-order valence-corrected chi connectivity index (χ0v) is 11.9. The number of aryl methyl sites for hydroxylation is 1. The average molecular weight is 289 g/mol. The summed E-state index contributed by atoms with van der Waals surface area (Å²) in [5.74, 6) is -0.362. The van der Waals surface area contributed by atoms with Crippen LogP contribution in [-0.4, -0.2) is 16.0 Å². The third-order valence-electron chi connectivity index (χ3n) is 3.84. The largest absolute Gasteiger partial charge is 0.367 e. The van der Waals surface area contributed by atoms with E-state index in [2.05, 4.69) is 15.3 Å². The summed E-state index contributed by atoms with van der Waals surface area (Å²) in [6.45, 7) is 1.81. The van der Waals surface area contributed by atoms with Crippen molar-refractivity contribution in [1.29, 1.82) is 0 Å². The van der Waals surface area contributed by atoms with Gasteiger partial charge in [0.1, 0.15) is 11.6 Å². The van der Waals surface area contributed by atoms with Gasteiger partial charge in [0, 0.05) is 17.8 Å². The van der Waals surface area contributed by atoms with E-state index in [0.717, 1.165) is 18.9 Å². The minimum Gasteiger partial charge on any atom is -0.367 e. The first-order valence-corrected chi connectivity index (χ1v) is 7.19. The molecular formula is C16H17F2N3. The Morgan fingerprint density at radius 1 is 1.14 bits per heavy atom.